The van der Waals surface area contributed by atoms with E-state index in [-0.39, 0.29) is 28.2 Å². The van der Waals surface area contributed by atoms with E-state index in [0.29, 0.717) is 16.5 Å². The zero-order chi connectivity index (χ0) is 15.1. The second-order valence-corrected chi connectivity index (χ2v) is 4.54. The van der Waals surface area contributed by atoms with Gasteiger partial charge in [-0.1, -0.05) is 6.07 Å². The largest absolute Gasteiger partial charge is 0.398 e. The summed E-state index contributed by atoms with van der Waals surface area (Å²) < 4.78 is 40.1. The Hall–Kier alpha value is -2.28. The van der Waals surface area contributed by atoms with Crippen LogP contribution < -0.4 is 11.3 Å². The van der Waals surface area contributed by atoms with Gasteiger partial charge in [-0.2, -0.15) is 0 Å². The van der Waals surface area contributed by atoms with Gasteiger partial charge in [-0.05, 0) is 30.3 Å². The number of pyridine rings is 1. The van der Waals surface area contributed by atoms with Gasteiger partial charge in [0, 0.05) is 22.0 Å². The Labute approximate surface area is 133 Å². The van der Waals surface area contributed by atoms with E-state index in [2.05, 4.69) is 4.98 Å². The highest BCUT2D eigenvalue weighted by Crippen LogP contribution is 2.27. The van der Waals surface area contributed by atoms with Crippen molar-refractivity contribution in [3.8, 4) is 11.3 Å². The fraction of sp³-hybridized carbons (Fsp3) is 0. The molecule has 0 radical (unpaired) electrons. The Balaban J connectivity index is 0.00000176. The quantitative estimate of drug-likeness (QED) is 0.505. The molecule has 3 nitrogen and oxygen atoms in total. The lowest BCUT2D eigenvalue weighted by Gasteiger charge is -2.07. The number of aromatic nitrogens is 1. The van der Waals surface area contributed by atoms with E-state index < -0.39 is 23.0 Å². The van der Waals surface area contributed by atoms with E-state index in [9.17, 15) is 18.0 Å². The summed E-state index contributed by atoms with van der Waals surface area (Å²) in [6.07, 6.45) is 0. The molecule has 0 aliphatic rings. The van der Waals surface area contributed by atoms with Crippen LogP contribution in [0.25, 0.3) is 22.0 Å². The third kappa shape index (κ3) is 2.48. The van der Waals surface area contributed by atoms with Crippen LogP contribution in [0.4, 0.5) is 18.9 Å². The first-order chi connectivity index (χ1) is 9.99. The third-order valence-electron chi connectivity index (χ3n) is 3.25. The summed E-state index contributed by atoms with van der Waals surface area (Å²) >= 11 is 0. The standard InChI is InChI=1S/C15H9F3N2O.BrH/c16-10-5-4-8(13(17)14(10)18)12-6-9-7(15(21)20-12)2-1-3-11(9)19;/h1-6H,19H2,(H,20,21);1H. The topological polar surface area (TPSA) is 58.9 Å². The number of benzene rings is 2. The van der Waals surface area contributed by atoms with E-state index in [1.165, 1.54) is 6.07 Å². The summed E-state index contributed by atoms with van der Waals surface area (Å²) in [5.41, 5.74) is 5.42. The van der Waals surface area contributed by atoms with Crippen molar-refractivity contribution < 1.29 is 13.2 Å². The van der Waals surface area contributed by atoms with Crippen molar-refractivity contribution in [3.63, 3.8) is 0 Å². The minimum absolute atomic E-state index is 0. The minimum Gasteiger partial charge on any atom is -0.398 e. The molecule has 0 unspecified atom stereocenters. The summed E-state index contributed by atoms with van der Waals surface area (Å²) in [5.74, 6) is -4.24. The lowest BCUT2D eigenvalue weighted by Crippen LogP contribution is -2.09. The van der Waals surface area contributed by atoms with Crippen LogP contribution in [0.1, 0.15) is 0 Å². The average molecular weight is 371 g/mol. The predicted molar refractivity (Wildman–Crippen MR) is 84.6 cm³/mol. The molecule has 22 heavy (non-hydrogen) atoms. The van der Waals surface area contributed by atoms with Gasteiger partial charge in [0.2, 0.25) is 0 Å². The van der Waals surface area contributed by atoms with Gasteiger partial charge in [-0.25, -0.2) is 13.2 Å². The number of H-pyrrole nitrogens is 1. The Kier molecular flexibility index (Phi) is 4.27. The predicted octanol–water partition coefficient (Wildman–Crippen LogP) is 3.77. The van der Waals surface area contributed by atoms with Crippen LogP contribution in [-0.4, -0.2) is 4.98 Å². The van der Waals surface area contributed by atoms with Crippen LogP contribution in [0.15, 0.2) is 41.2 Å². The Bertz CT molecular complexity index is 925. The van der Waals surface area contributed by atoms with Crippen molar-refractivity contribution in [2.75, 3.05) is 5.73 Å². The van der Waals surface area contributed by atoms with Gasteiger partial charge in [0.25, 0.3) is 5.56 Å². The molecule has 0 amide bonds. The minimum atomic E-state index is -1.59. The molecular formula is C15H10BrF3N2O. The number of anilines is 1. The molecule has 0 saturated carbocycles. The van der Waals surface area contributed by atoms with Crippen molar-refractivity contribution in [1.29, 1.82) is 0 Å². The molecule has 0 saturated heterocycles. The summed E-state index contributed by atoms with van der Waals surface area (Å²) in [6.45, 7) is 0. The number of halogens is 4. The molecule has 0 bridgehead atoms. The first-order valence-electron chi connectivity index (χ1n) is 6.04. The highest BCUT2D eigenvalue weighted by molar-refractivity contribution is 8.93. The van der Waals surface area contributed by atoms with E-state index >= 15 is 0 Å². The first-order valence-corrected chi connectivity index (χ1v) is 6.04. The normalized spacial score (nSPS) is 10.5. The molecule has 114 valence electrons. The molecule has 3 N–H and O–H groups in total. The number of hydrogen-bond acceptors (Lipinski definition) is 2. The van der Waals surface area contributed by atoms with Crippen molar-refractivity contribution in [2.24, 2.45) is 0 Å². The molecule has 2 aromatic carbocycles. The summed E-state index contributed by atoms with van der Waals surface area (Å²) in [4.78, 5) is 14.4. The van der Waals surface area contributed by atoms with Crippen LogP contribution in [0, 0.1) is 17.5 Å². The smallest absolute Gasteiger partial charge is 0.256 e. The number of fused-ring (bicyclic) bond motifs is 1. The third-order valence-corrected chi connectivity index (χ3v) is 3.25. The molecule has 1 heterocycles. The van der Waals surface area contributed by atoms with Crippen LogP contribution in [0.5, 0.6) is 0 Å². The molecule has 0 aliphatic carbocycles. The van der Waals surface area contributed by atoms with Gasteiger partial charge in [0.05, 0.1) is 5.69 Å². The number of hydrogen-bond donors (Lipinski definition) is 2. The lowest BCUT2D eigenvalue weighted by atomic mass is 10.1. The Morgan fingerprint density at radius 3 is 2.41 bits per heavy atom. The summed E-state index contributed by atoms with van der Waals surface area (Å²) in [5, 5.41) is 0.752. The number of nitrogen functional groups attached to an aromatic ring is 1. The number of nitrogens with one attached hydrogen (secondary N) is 1. The molecule has 1 aromatic heterocycles. The van der Waals surface area contributed by atoms with Crippen molar-refractivity contribution >= 4 is 33.4 Å². The van der Waals surface area contributed by atoms with Gasteiger partial charge in [-0.3, -0.25) is 4.79 Å². The number of aromatic amines is 1. The maximum absolute atomic E-state index is 13.8. The van der Waals surface area contributed by atoms with Crippen molar-refractivity contribution in [1.82, 2.24) is 4.98 Å². The summed E-state index contributed by atoms with van der Waals surface area (Å²) in [7, 11) is 0. The van der Waals surface area contributed by atoms with Crippen LogP contribution in [-0.2, 0) is 0 Å². The zero-order valence-corrected chi connectivity index (χ0v) is 12.7. The molecule has 0 aliphatic heterocycles. The molecule has 0 fully saturated rings. The molecule has 7 heteroatoms. The SMILES string of the molecule is Br.Nc1cccc2c(=O)[nH]c(-c3ccc(F)c(F)c3F)cc12. The van der Waals surface area contributed by atoms with Crippen molar-refractivity contribution in [3.05, 3.63) is 64.2 Å². The van der Waals surface area contributed by atoms with E-state index in [0.717, 1.165) is 12.1 Å². The number of nitrogens with two attached hydrogens (primary N) is 1. The van der Waals surface area contributed by atoms with Gasteiger partial charge >= 0.3 is 0 Å². The Morgan fingerprint density at radius 1 is 0.955 bits per heavy atom. The van der Waals surface area contributed by atoms with Gasteiger partial charge in [0.15, 0.2) is 17.5 Å². The molecule has 0 spiro atoms. The summed E-state index contributed by atoms with van der Waals surface area (Å²) in [6, 6.07) is 8.06. The molecular weight excluding hydrogens is 361 g/mol. The van der Waals surface area contributed by atoms with E-state index in [4.69, 9.17) is 5.73 Å². The Morgan fingerprint density at radius 2 is 1.68 bits per heavy atom. The molecule has 3 aromatic rings. The maximum atomic E-state index is 13.8. The zero-order valence-electron chi connectivity index (χ0n) is 11.0. The van der Waals surface area contributed by atoms with Gasteiger partial charge < -0.3 is 10.7 Å². The monoisotopic (exact) mass is 370 g/mol. The molecule has 3 rings (SSSR count). The van der Waals surface area contributed by atoms with Crippen LogP contribution in [0.3, 0.4) is 0 Å². The highest BCUT2D eigenvalue weighted by Gasteiger charge is 2.16. The van der Waals surface area contributed by atoms with Crippen LogP contribution >= 0.6 is 17.0 Å². The fourth-order valence-electron chi connectivity index (χ4n) is 2.19. The fourth-order valence-corrected chi connectivity index (χ4v) is 2.19. The second-order valence-electron chi connectivity index (χ2n) is 4.54. The van der Waals surface area contributed by atoms with Crippen molar-refractivity contribution in [2.45, 2.75) is 0 Å². The maximum Gasteiger partial charge on any atom is 0.256 e. The van der Waals surface area contributed by atoms with Gasteiger partial charge in [0.1, 0.15) is 0 Å². The first kappa shape index (κ1) is 16.1. The van der Waals surface area contributed by atoms with Crippen LogP contribution in [0.2, 0.25) is 0 Å². The number of rotatable bonds is 1. The molecule has 0 atom stereocenters. The van der Waals surface area contributed by atoms with Gasteiger partial charge in [-0.15, -0.1) is 17.0 Å². The van der Waals surface area contributed by atoms with E-state index in [1.54, 1.807) is 18.2 Å². The van der Waals surface area contributed by atoms with E-state index in [1.807, 2.05) is 0 Å². The average Bonchev–Trinajstić information content (AvgIpc) is 2.46. The second kappa shape index (κ2) is 5.84. The lowest BCUT2D eigenvalue weighted by molar-refractivity contribution is 0.449. The highest BCUT2D eigenvalue weighted by atomic mass is 79.9.